The van der Waals surface area contributed by atoms with E-state index in [1.165, 1.54) is 19.3 Å². The molecule has 0 saturated carbocycles. The Labute approximate surface area is 169 Å². The third-order valence-electron chi connectivity index (χ3n) is 3.91. The van der Waals surface area contributed by atoms with Crippen LogP contribution in [-0.2, 0) is 14.3 Å². The van der Waals surface area contributed by atoms with Crippen molar-refractivity contribution in [1.82, 2.24) is 5.32 Å². The van der Waals surface area contributed by atoms with Crippen LogP contribution in [0.15, 0.2) is 48.5 Å². The number of rotatable bonds is 8. The molecular weight excluding hydrogens is 382 g/mol. The smallest absolute Gasteiger partial charge is 0.331 e. The Morgan fingerprint density at radius 2 is 1.93 bits per heavy atom. The highest BCUT2D eigenvalue weighted by Crippen LogP contribution is 2.25. The highest BCUT2D eigenvalue weighted by atomic mass is 35.5. The molecule has 2 rings (SSSR count). The number of benzene rings is 2. The van der Waals surface area contributed by atoms with Gasteiger partial charge in [-0.1, -0.05) is 23.7 Å². The molecule has 0 spiro atoms. The highest BCUT2D eigenvalue weighted by Gasteiger charge is 2.11. The summed E-state index contributed by atoms with van der Waals surface area (Å²) in [6.45, 7) is 1.43. The van der Waals surface area contributed by atoms with Gasteiger partial charge in [0, 0.05) is 16.7 Å². The zero-order chi connectivity index (χ0) is 20.5. The fourth-order valence-electron chi connectivity index (χ4n) is 2.45. The van der Waals surface area contributed by atoms with E-state index in [4.69, 9.17) is 25.8 Å². The molecule has 28 heavy (non-hydrogen) atoms. The fourth-order valence-corrected chi connectivity index (χ4v) is 2.65. The van der Waals surface area contributed by atoms with Crippen molar-refractivity contribution in [3.8, 4) is 11.5 Å². The van der Waals surface area contributed by atoms with E-state index in [1.54, 1.807) is 43.5 Å². The molecule has 0 unspecified atom stereocenters. The van der Waals surface area contributed by atoms with Crippen LogP contribution in [0.2, 0.25) is 5.02 Å². The second kappa shape index (κ2) is 10.4. The molecule has 0 bridgehead atoms. The van der Waals surface area contributed by atoms with Crippen LogP contribution in [0, 0.1) is 0 Å². The lowest BCUT2D eigenvalue weighted by molar-refractivity contribution is -0.144. The van der Waals surface area contributed by atoms with E-state index in [-0.39, 0.29) is 12.6 Å². The normalized spacial score (nSPS) is 11.7. The third-order valence-corrected chi connectivity index (χ3v) is 4.14. The van der Waals surface area contributed by atoms with Crippen LogP contribution in [0.5, 0.6) is 11.5 Å². The van der Waals surface area contributed by atoms with Crippen LogP contribution in [-0.4, -0.2) is 32.7 Å². The van der Waals surface area contributed by atoms with Gasteiger partial charge in [-0.25, -0.2) is 4.79 Å². The van der Waals surface area contributed by atoms with Crippen LogP contribution in [0.25, 0.3) is 6.08 Å². The largest absolute Gasteiger partial charge is 0.497 e. The minimum atomic E-state index is -0.643. The number of carbonyl (C=O) groups excluding carboxylic acids is 2. The van der Waals surface area contributed by atoms with Crippen molar-refractivity contribution in [1.29, 1.82) is 0 Å². The predicted molar refractivity (Wildman–Crippen MR) is 108 cm³/mol. The topological polar surface area (TPSA) is 73.9 Å². The number of methoxy groups -OCH3 is 2. The van der Waals surface area contributed by atoms with Gasteiger partial charge in [0.05, 0.1) is 20.3 Å². The second-order valence-corrected chi connectivity index (χ2v) is 6.33. The predicted octanol–water partition coefficient (Wildman–Crippen LogP) is 3.79. The van der Waals surface area contributed by atoms with Gasteiger partial charge in [0.15, 0.2) is 6.61 Å². The zero-order valence-electron chi connectivity index (χ0n) is 15.9. The Kier molecular flexibility index (Phi) is 7.89. The summed E-state index contributed by atoms with van der Waals surface area (Å²) in [4.78, 5) is 23.9. The lowest BCUT2D eigenvalue weighted by atomic mass is 10.1. The Bertz CT molecular complexity index is 866. The monoisotopic (exact) mass is 403 g/mol. The van der Waals surface area contributed by atoms with Crippen molar-refractivity contribution >= 4 is 29.6 Å². The molecule has 7 heteroatoms. The molecule has 0 heterocycles. The fraction of sp³-hybridized carbons (Fsp3) is 0.238. The molecule has 1 amide bonds. The first-order valence-electron chi connectivity index (χ1n) is 8.54. The van der Waals surface area contributed by atoms with E-state index >= 15 is 0 Å². The maximum Gasteiger partial charge on any atom is 0.331 e. The SMILES string of the molecule is COc1ccc(OC)c(/C=C/C(=O)OCC(=O)N[C@@H](C)c2cccc(Cl)c2)c1. The van der Waals surface area contributed by atoms with Crippen molar-refractivity contribution in [3.05, 3.63) is 64.7 Å². The summed E-state index contributed by atoms with van der Waals surface area (Å²) in [5.41, 5.74) is 1.51. The van der Waals surface area contributed by atoms with Gasteiger partial charge in [0.2, 0.25) is 0 Å². The number of carbonyl (C=O) groups is 2. The standard InChI is InChI=1S/C21H22ClNO5/c1-14(15-5-4-6-17(22)11-15)23-20(24)13-28-21(25)10-7-16-12-18(26-2)8-9-19(16)27-3/h4-12,14H,13H2,1-3H3,(H,23,24)/b10-7+/t14-/m0/s1. The minimum Gasteiger partial charge on any atom is -0.497 e. The van der Waals surface area contributed by atoms with Gasteiger partial charge >= 0.3 is 5.97 Å². The molecule has 0 aliphatic rings. The van der Waals surface area contributed by atoms with Crippen molar-refractivity contribution in [2.45, 2.75) is 13.0 Å². The van der Waals surface area contributed by atoms with E-state index in [0.717, 1.165) is 5.56 Å². The molecular formula is C21H22ClNO5. The number of amides is 1. The Hall–Kier alpha value is -2.99. The summed E-state index contributed by atoms with van der Waals surface area (Å²) in [6, 6.07) is 12.1. The number of hydrogen-bond acceptors (Lipinski definition) is 5. The molecule has 0 aliphatic carbocycles. The van der Waals surface area contributed by atoms with Gasteiger partial charge in [0.25, 0.3) is 5.91 Å². The van der Waals surface area contributed by atoms with E-state index in [1.807, 2.05) is 13.0 Å². The van der Waals surface area contributed by atoms with Gasteiger partial charge in [-0.15, -0.1) is 0 Å². The van der Waals surface area contributed by atoms with Crippen LogP contribution < -0.4 is 14.8 Å². The number of nitrogens with one attached hydrogen (secondary N) is 1. The van der Waals surface area contributed by atoms with Crippen molar-refractivity contribution in [2.24, 2.45) is 0 Å². The first-order valence-corrected chi connectivity index (χ1v) is 8.92. The average molecular weight is 404 g/mol. The summed E-state index contributed by atoms with van der Waals surface area (Å²) in [5, 5.41) is 3.34. The van der Waals surface area contributed by atoms with Crippen molar-refractivity contribution in [2.75, 3.05) is 20.8 Å². The van der Waals surface area contributed by atoms with Gasteiger partial charge in [-0.2, -0.15) is 0 Å². The quantitative estimate of drug-likeness (QED) is 0.536. The molecule has 0 saturated heterocycles. The molecule has 2 aromatic rings. The van der Waals surface area contributed by atoms with Gasteiger partial charge in [-0.3, -0.25) is 4.79 Å². The van der Waals surface area contributed by atoms with Crippen LogP contribution in [0.4, 0.5) is 0 Å². The Morgan fingerprint density at radius 3 is 2.61 bits per heavy atom. The summed E-state index contributed by atoms with van der Waals surface area (Å²) < 4.78 is 15.4. The number of halogens is 1. The third kappa shape index (κ3) is 6.32. The molecule has 6 nitrogen and oxygen atoms in total. The average Bonchev–Trinajstić information content (AvgIpc) is 2.70. The van der Waals surface area contributed by atoms with Crippen LogP contribution in [0.3, 0.4) is 0 Å². The first kappa shape index (κ1) is 21.3. The molecule has 1 N–H and O–H groups in total. The number of ether oxygens (including phenoxy) is 3. The van der Waals surface area contributed by atoms with E-state index in [0.29, 0.717) is 22.1 Å². The maximum atomic E-state index is 12.0. The van der Waals surface area contributed by atoms with Crippen molar-refractivity contribution in [3.63, 3.8) is 0 Å². The summed E-state index contributed by atoms with van der Waals surface area (Å²) in [7, 11) is 3.08. The Morgan fingerprint density at radius 1 is 1.14 bits per heavy atom. The minimum absolute atomic E-state index is 0.263. The molecule has 148 valence electrons. The second-order valence-electron chi connectivity index (χ2n) is 5.89. The summed E-state index contributed by atoms with van der Waals surface area (Å²) in [5.74, 6) is 0.157. The van der Waals surface area contributed by atoms with E-state index in [2.05, 4.69) is 5.32 Å². The molecule has 0 radical (unpaired) electrons. The van der Waals surface area contributed by atoms with E-state index in [9.17, 15) is 9.59 Å². The van der Waals surface area contributed by atoms with Crippen molar-refractivity contribution < 1.29 is 23.8 Å². The summed E-state index contributed by atoms with van der Waals surface area (Å²) >= 11 is 5.95. The Balaban J connectivity index is 1.88. The van der Waals surface area contributed by atoms with Crippen LogP contribution >= 0.6 is 11.6 Å². The molecule has 0 aromatic heterocycles. The summed E-state index contributed by atoms with van der Waals surface area (Å²) in [6.07, 6.45) is 2.77. The lowest BCUT2D eigenvalue weighted by Crippen LogP contribution is -2.30. The molecule has 0 fully saturated rings. The molecule has 1 atom stereocenters. The molecule has 0 aliphatic heterocycles. The van der Waals surface area contributed by atoms with Gasteiger partial charge < -0.3 is 19.5 Å². The van der Waals surface area contributed by atoms with Gasteiger partial charge in [-0.05, 0) is 48.9 Å². The first-order chi connectivity index (χ1) is 13.4. The van der Waals surface area contributed by atoms with Crippen LogP contribution in [0.1, 0.15) is 24.1 Å². The zero-order valence-corrected chi connectivity index (χ0v) is 16.7. The maximum absolute atomic E-state index is 12.0. The number of esters is 1. The van der Waals surface area contributed by atoms with Gasteiger partial charge in [0.1, 0.15) is 11.5 Å². The van der Waals surface area contributed by atoms with E-state index < -0.39 is 11.9 Å². The number of hydrogen-bond donors (Lipinski definition) is 1. The lowest BCUT2D eigenvalue weighted by Gasteiger charge is -2.14. The highest BCUT2D eigenvalue weighted by molar-refractivity contribution is 6.30. The molecule has 2 aromatic carbocycles.